The number of para-hydroxylation sites is 2. The molecule has 0 atom stereocenters. The number of esters is 1. The van der Waals surface area contributed by atoms with Crippen LogP contribution in [0.15, 0.2) is 53.3 Å². The predicted molar refractivity (Wildman–Crippen MR) is 114 cm³/mol. The third-order valence-electron chi connectivity index (χ3n) is 4.50. The van der Waals surface area contributed by atoms with Gasteiger partial charge in [-0.05, 0) is 50.1 Å². The fourth-order valence-electron chi connectivity index (χ4n) is 3.05. The van der Waals surface area contributed by atoms with Crippen molar-refractivity contribution in [3.8, 4) is 0 Å². The quantitative estimate of drug-likeness (QED) is 0.392. The van der Waals surface area contributed by atoms with Crippen LogP contribution in [0.2, 0.25) is 0 Å². The number of imidazole rings is 1. The molecule has 0 fully saturated rings. The van der Waals surface area contributed by atoms with Gasteiger partial charge in [0.1, 0.15) is 0 Å². The van der Waals surface area contributed by atoms with E-state index in [0.717, 1.165) is 16.6 Å². The molecular formula is C22H26N4O4. The molecule has 1 aromatic heterocycles. The van der Waals surface area contributed by atoms with Crippen molar-refractivity contribution >= 4 is 23.0 Å². The Bertz CT molecular complexity index is 1070. The van der Waals surface area contributed by atoms with Crippen LogP contribution in [0.4, 0.5) is 4.79 Å². The van der Waals surface area contributed by atoms with Gasteiger partial charge in [-0.1, -0.05) is 24.3 Å². The van der Waals surface area contributed by atoms with Gasteiger partial charge in [0.25, 0.3) is 0 Å². The van der Waals surface area contributed by atoms with E-state index in [0.29, 0.717) is 25.1 Å². The first-order chi connectivity index (χ1) is 14.4. The topological polar surface area (TPSA) is 105 Å². The number of rotatable bonds is 8. The number of H-pyrrole nitrogens is 1. The summed E-state index contributed by atoms with van der Waals surface area (Å²) in [6.45, 7) is 4.81. The molecule has 0 spiro atoms. The summed E-state index contributed by atoms with van der Waals surface area (Å²) in [7, 11) is 0. The molecule has 3 aromatic rings. The van der Waals surface area contributed by atoms with Crippen LogP contribution in [0.3, 0.4) is 0 Å². The Morgan fingerprint density at radius 3 is 2.57 bits per heavy atom. The number of nitrogens with one attached hydrogen (secondary N) is 3. The molecule has 0 aliphatic heterocycles. The summed E-state index contributed by atoms with van der Waals surface area (Å²) >= 11 is 0. The van der Waals surface area contributed by atoms with Crippen molar-refractivity contribution in [1.29, 1.82) is 0 Å². The van der Waals surface area contributed by atoms with Crippen LogP contribution in [0, 0.1) is 0 Å². The fourth-order valence-corrected chi connectivity index (χ4v) is 3.05. The van der Waals surface area contributed by atoms with Gasteiger partial charge in [0.15, 0.2) is 0 Å². The van der Waals surface area contributed by atoms with E-state index in [2.05, 4.69) is 15.6 Å². The van der Waals surface area contributed by atoms with E-state index >= 15 is 0 Å². The van der Waals surface area contributed by atoms with Crippen molar-refractivity contribution in [3.63, 3.8) is 0 Å². The zero-order valence-electron chi connectivity index (χ0n) is 17.1. The van der Waals surface area contributed by atoms with E-state index in [4.69, 9.17) is 4.74 Å². The number of aromatic amines is 1. The Labute approximate surface area is 174 Å². The van der Waals surface area contributed by atoms with Gasteiger partial charge in [-0.25, -0.2) is 14.4 Å². The average Bonchev–Trinajstić information content (AvgIpc) is 3.04. The Morgan fingerprint density at radius 1 is 1.10 bits per heavy atom. The Kier molecular flexibility index (Phi) is 6.90. The molecule has 8 heteroatoms. The smallest absolute Gasteiger partial charge is 0.338 e. The third kappa shape index (κ3) is 5.50. The molecular weight excluding hydrogens is 384 g/mol. The van der Waals surface area contributed by atoms with E-state index in [1.165, 1.54) is 0 Å². The number of amides is 2. The number of aromatic nitrogens is 2. The molecule has 0 aliphatic rings. The van der Waals surface area contributed by atoms with Crippen molar-refractivity contribution in [2.24, 2.45) is 0 Å². The minimum absolute atomic E-state index is 0.0664. The number of hydrogen-bond donors (Lipinski definition) is 3. The van der Waals surface area contributed by atoms with Crippen molar-refractivity contribution < 1.29 is 14.3 Å². The summed E-state index contributed by atoms with van der Waals surface area (Å²) in [4.78, 5) is 38.7. The molecule has 0 bridgehead atoms. The first-order valence-corrected chi connectivity index (χ1v) is 9.92. The molecule has 158 valence electrons. The molecule has 2 amide bonds. The molecule has 0 radical (unpaired) electrons. The molecule has 3 rings (SSSR count). The highest BCUT2D eigenvalue weighted by atomic mass is 16.5. The van der Waals surface area contributed by atoms with Crippen LogP contribution in [0.1, 0.15) is 36.2 Å². The summed E-state index contributed by atoms with van der Waals surface area (Å²) in [5.74, 6) is -0.418. The van der Waals surface area contributed by atoms with Gasteiger partial charge >= 0.3 is 17.7 Å². The minimum atomic E-state index is -0.418. The number of urea groups is 1. The summed E-state index contributed by atoms with van der Waals surface area (Å²) in [5, 5.41) is 5.50. The number of fused-ring (bicyclic) bond motifs is 1. The molecule has 0 saturated heterocycles. The minimum Gasteiger partial charge on any atom is -0.462 e. The number of aryl methyl sites for hydroxylation is 1. The van der Waals surface area contributed by atoms with E-state index < -0.39 is 5.97 Å². The van der Waals surface area contributed by atoms with Gasteiger partial charge in [0, 0.05) is 19.1 Å². The van der Waals surface area contributed by atoms with Crippen LogP contribution in [-0.2, 0) is 17.8 Å². The number of ether oxygens (including phenoxy) is 1. The maximum atomic E-state index is 12.2. The fraction of sp³-hybridized carbons (Fsp3) is 0.318. The number of carbonyl (C=O) groups is 2. The van der Waals surface area contributed by atoms with Crippen molar-refractivity contribution in [3.05, 3.63) is 70.1 Å². The summed E-state index contributed by atoms with van der Waals surface area (Å²) in [5.41, 5.74) is 2.77. The Balaban J connectivity index is 1.45. The normalized spacial score (nSPS) is 10.9. The lowest BCUT2D eigenvalue weighted by molar-refractivity contribution is 0.0496. The van der Waals surface area contributed by atoms with Gasteiger partial charge in [-0.15, -0.1) is 0 Å². The van der Waals surface area contributed by atoms with Crippen molar-refractivity contribution in [2.45, 2.75) is 39.4 Å². The van der Waals surface area contributed by atoms with Crippen LogP contribution >= 0.6 is 0 Å². The first kappa shape index (κ1) is 21.2. The molecule has 0 aliphatic carbocycles. The lowest BCUT2D eigenvalue weighted by Gasteiger charge is -2.10. The molecule has 1 heterocycles. The lowest BCUT2D eigenvalue weighted by Crippen LogP contribution is -2.39. The van der Waals surface area contributed by atoms with E-state index in [1.54, 1.807) is 28.8 Å². The predicted octanol–water partition coefficient (Wildman–Crippen LogP) is 2.78. The second kappa shape index (κ2) is 9.78. The highest BCUT2D eigenvalue weighted by Gasteiger charge is 2.09. The maximum absolute atomic E-state index is 12.2. The summed E-state index contributed by atoms with van der Waals surface area (Å²) in [6.07, 6.45) is 0.528. The van der Waals surface area contributed by atoms with Crippen molar-refractivity contribution in [2.75, 3.05) is 6.61 Å². The summed E-state index contributed by atoms with van der Waals surface area (Å²) in [6, 6.07) is 14.2. The largest absolute Gasteiger partial charge is 0.462 e. The van der Waals surface area contributed by atoms with Gasteiger partial charge in [-0.2, -0.15) is 0 Å². The van der Waals surface area contributed by atoms with Gasteiger partial charge in [-0.3, -0.25) is 4.57 Å². The van der Waals surface area contributed by atoms with Crippen LogP contribution < -0.4 is 16.3 Å². The van der Waals surface area contributed by atoms with Crippen LogP contribution in [0.25, 0.3) is 11.0 Å². The first-order valence-electron chi connectivity index (χ1n) is 9.92. The van der Waals surface area contributed by atoms with Crippen LogP contribution in [-0.4, -0.2) is 34.2 Å². The number of hydrogen-bond acceptors (Lipinski definition) is 4. The highest BCUT2D eigenvalue weighted by molar-refractivity contribution is 5.89. The molecule has 8 nitrogen and oxygen atoms in total. The monoisotopic (exact) mass is 410 g/mol. The lowest BCUT2D eigenvalue weighted by atomic mass is 10.1. The summed E-state index contributed by atoms with van der Waals surface area (Å²) < 4.78 is 6.96. The zero-order valence-corrected chi connectivity index (χ0v) is 17.1. The van der Waals surface area contributed by atoms with Gasteiger partial charge in [0.2, 0.25) is 0 Å². The number of benzene rings is 2. The average molecular weight is 410 g/mol. The number of nitrogens with zero attached hydrogens (tertiary/aromatic N) is 1. The van der Waals surface area contributed by atoms with Gasteiger partial charge in [0.05, 0.1) is 23.2 Å². The zero-order chi connectivity index (χ0) is 21.5. The molecule has 3 N–H and O–H groups in total. The highest BCUT2D eigenvalue weighted by Crippen LogP contribution is 2.10. The van der Waals surface area contributed by atoms with E-state index in [1.807, 2.05) is 38.1 Å². The maximum Gasteiger partial charge on any atom is 0.338 e. The third-order valence-corrected chi connectivity index (χ3v) is 4.50. The van der Waals surface area contributed by atoms with Crippen LogP contribution in [0.5, 0.6) is 0 Å². The molecule has 0 unspecified atom stereocenters. The van der Waals surface area contributed by atoms with Gasteiger partial charge < -0.3 is 20.4 Å². The molecule has 30 heavy (non-hydrogen) atoms. The Hall–Kier alpha value is -3.55. The number of carbonyl (C=O) groups excluding carboxylic acids is 2. The molecule has 0 saturated carbocycles. The Morgan fingerprint density at radius 2 is 1.83 bits per heavy atom. The van der Waals surface area contributed by atoms with E-state index in [-0.39, 0.29) is 24.4 Å². The second-order valence-corrected chi connectivity index (χ2v) is 7.27. The second-order valence-electron chi connectivity index (χ2n) is 7.27. The SMILES string of the molecule is CC(C)NC(=O)NCc1ccc(C(=O)OCCCn2c(=O)[nH]c3ccccc32)cc1. The molecule has 2 aromatic carbocycles. The van der Waals surface area contributed by atoms with E-state index in [9.17, 15) is 14.4 Å². The standard InChI is InChI=1S/C22H26N4O4/c1-15(2)24-21(28)23-14-16-8-10-17(11-9-16)20(27)30-13-5-12-26-19-7-4-3-6-18(19)25-22(26)29/h3-4,6-11,15H,5,12-14H2,1-2H3,(H,25,29)(H2,23,24,28). The van der Waals surface area contributed by atoms with Crippen molar-refractivity contribution in [1.82, 2.24) is 20.2 Å².